The predicted molar refractivity (Wildman–Crippen MR) is 48.7 cm³/mol. The van der Waals surface area contributed by atoms with Gasteiger partial charge in [-0.1, -0.05) is 6.42 Å². The zero-order valence-electron chi connectivity index (χ0n) is 7.44. The van der Waals surface area contributed by atoms with Gasteiger partial charge in [0.1, 0.15) is 5.75 Å². The zero-order valence-corrected chi connectivity index (χ0v) is 7.44. The molecule has 0 unspecified atom stereocenters. The van der Waals surface area contributed by atoms with Gasteiger partial charge in [-0.2, -0.15) is 0 Å². The van der Waals surface area contributed by atoms with Crippen molar-refractivity contribution < 1.29 is 9.84 Å². The normalized spacial score (nSPS) is 16.6. The number of ether oxygens (including phenoxy) is 1. The monoisotopic (exact) mass is 179 g/mol. The van der Waals surface area contributed by atoms with E-state index < -0.39 is 0 Å². The molecule has 3 nitrogen and oxygen atoms in total. The van der Waals surface area contributed by atoms with Crippen LogP contribution in [0.1, 0.15) is 19.3 Å². The summed E-state index contributed by atoms with van der Waals surface area (Å²) in [5.41, 5.74) is 0. The summed E-state index contributed by atoms with van der Waals surface area (Å²) in [4.78, 5) is 3.94. The number of hydrogen-bond acceptors (Lipinski definition) is 3. The van der Waals surface area contributed by atoms with Crippen LogP contribution >= 0.6 is 0 Å². The van der Waals surface area contributed by atoms with E-state index in [9.17, 15) is 0 Å². The van der Waals surface area contributed by atoms with E-state index in [1.165, 1.54) is 25.5 Å². The highest BCUT2D eigenvalue weighted by Gasteiger charge is 2.17. The molecule has 1 aliphatic rings. The average molecular weight is 179 g/mol. The molecule has 0 aromatic carbocycles. The van der Waals surface area contributed by atoms with Crippen LogP contribution in [0.4, 0.5) is 0 Å². The molecule has 2 rings (SSSR count). The Morgan fingerprint density at radius 2 is 2.31 bits per heavy atom. The third kappa shape index (κ3) is 2.11. The van der Waals surface area contributed by atoms with E-state index in [0.29, 0.717) is 5.88 Å². The molecule has 1 heterocycles. The van der Waals surface area contributed by atoms with Crippen molar-refractivity contribution in [1.29, 1.82) is 0 Å². The summed E-state index contributed by atoms with van der Waals surface area (Å²) >= 11 is 0. The molecule has 0 saturated heterocycles. The molecule has 0 atom stereocenters. The maximum atomic E-state index is 8.97. The molecule has 1 N–H and O–H groups in total. The van der Waals surface area contributed by atoms with Crippen LogP contribution in [0.2, 0.25) is 0 Å². The molecular formula is C10H13NO2. The summed E-state index contributed by atoms with van der Waals surface area (Å²) in [7, 11) is 0. The van der Waals surface area contributed by atoms with Crippen molar-refractivity contribution in [3.05, 3.63) is 18.3 Å². The summed E-state index contributed by atoms with van der Waals surface area (Å²) in [6.45, 7) is 0.762. The van der Waals surface area contributed by atoms with Crippen molar-refractivity contribution >= 4 is 0 Å². The van der Waals surface area contributed by atoms with Gasteiger partial charge in [0, 0.05) is 6.07 Å². The van der Waals surface area contributed by atoms with Crippen LogP contribution in [-0.2, 0) is 0 Å². The molecule has 70 valence electrons. The predicted octanol–water partition coefficient (Wildman–Crippen LogP) is 1.97. The lowest BCUT2D eigenvalue weighted by Crippen LogP contribution is -2.19. The smallest absolute Gasteiger partial charge is 0.213 e. The quantitative estimate of drug-likeness (QED) is 0.771. The minimum Gasteiger partial charge on any atom is -0.506 e. The number of pyridine rings is 1. The van der Waals surface area contributed by atoms with Gasteiger partial charge < -0.3 is 9.84 Å². The van der Waals surface area contributed by atoms with E-state index in [2.05, 4.69) is 4.98 Å². The maximum Gasteiger partial charge on any atom is 0.213 e. The number of aromatic nitrogens is 1. The van der Waals surface area contributed by atoms with Gasteiger partial charge in [0.05, 0.1) is 12.8 Å². The number of rotatable bonds is 3. The fraction of sp³-hybridized carbons (Fsp3) is 0.500. The molecule has 3 heteroatoms. The second-order valence-electron chi connectivity index (χ2n) is 3.46. The van der Waals surface area contributed by atoms with Crippen LogP contribution in [0, 0.1) is 5.92 Å². The summed E-state index contributed by atoms with van der Waals surface area (Å²) in [5, 5.41) is 8.97. The van der Waals surface area contributed by atoms with Gasteiger partial charge in [0.25, 0.3) is 0 Å². The van der Waals surface area contributed by atoms with E-state index in [1.807, 2.05) is 0 Å². The molecule has 0 amide bonds. The Labute approximate surface area is 77.4 Å². The third-order valence-corrected chi connectivity index (χ3v) is 2.41. The highest BCUT2D eigenvalue weighted by molar-refractivity contribution is 5.21. The summed E-state index contributed by atoms with van der Waals surface area (Å²) in [5.74, 6) is 1.50. The molecule has 1 aliphatic carbocycles. The lowest BCUT2D eigenvalue weighted by atomic mass is 9.86. The number of nitrogens with zero attached hydrogens (tertiary/aromatic N) is 1. The first-order chi connectivity index (χ1) is 6.34. The van der Waals surface area contributed by atoms with Gasteiger partial charge in [0.15, 0.2) is 0 Å². The third-order valence-electron chi connectivity index (χ3n) is 2.41. The molecule has 1 saturated carbocycles. The molecule has 0 aliphatic heterocycles. The van der Waals surface area contributed by atoms with Crippen LogP contribution < -0.4 is 4.74 Å². The molecule has 13 heavy (non-hydrogen) atoms. The first kappa shape index (κ1) is 8.35. The summed E-state index contributed by atoms with van der Waals surface area (Å²) in [6, 6.07) is 3.27. The standard InChI is InChI=1S/C10H13NO2/c12-9-4-5-10(11-6-9)13-7-8-2-1-3-8/h4-6,8,12H,1-3,7H2. The van der Waals surface area contributed by atoms with Crippen molar-refractivity contribution in [2.45, 2.75) is 19.3 Å². The second-order valence-corrected chi connectivity index (χ2v) is 3.46. The molecule has 0 spiro atoms. The Morgan fingerprint density at radius 1 is 1.46 bits per heavy atom. The fourth-order valence-electron chi connectivity index (χ4n) is 1.32. The SMILES string of the molecule is Oc1ccc(OCC2CCC2)nc1. The molecule has 1 aromatic heterocycles. The fourth-order valence-corrected chi connectivity index (χ4v) is 1.32. The van der Waals surface area contributed by atoms with Crippen molar-refractivity contribution in [3.8, 4) is 11.6 Å². The minimum atomic E-state index is 0.177. The van der Waals surface area contributed by atoms with E-state index in [0.717, 1.165) is 12.5 Å². The Kier molecular flexibility index (Phi) is 2.34. The molecule has 0 radical (unpaired) electrons. The van der Waals surface area contributed by atoms with Crippen molar-refractivity contribution in [3.63, 3.8) is 0 Å². The second kappa shape index (κ2) is 3.64. The summed E-state index contributed by atoms with van der Waals surface area (Å²) < 4.78 is 5.44. The van der Waals surface area contributed by atoms with Gasteiger partial charge in [-0.15, -0.1) is 0 Å². The molecule has 0 bridgehead atoms. The average Bonchev–Trinajstić information content (AvgIpc) is 2.05. The van der Waals surface area contributed by atoms with Crippen LogP contribution in [0.5, 0.6) is 11.6 Å². The van der Waals surface area contributed by atoms with Gasteiger partial charge >= 0.3 is 0 Å². The van der Waals surface area contributed by atoms with Crippen LogP contribution in [0.15, 0.2) is 18.3 Å². The Hall–Kier alpha value is -1.25. The molecular weight excluding hydrogens is 166 g/mol. The maximum absolute atomic E-state index is 8.97. The van der Waals surface area contributed by atoms with Crippen molar-refractivity contribution in [2.75, 3.05) is 6.61 Å². The molecule has 1 fully saturated rings. The van der Waals surface area contributed by atoms with Crippen molar-refractivity contribution in [1.82, 2.24) is 4.98 Å². The van der Waals surface area contributed by atoms with E-state index in [1.54, 1.807) is 12.1 Å². The minimum absolute atomic E-state index is 0.177. The van der Waals surface area contributed by atoms with E-state index in [-0.39, 0.29) is 5.75 Å². The van der Waals surface area contributed by atoms with Crippen LogP contribution in [-0.4, -0.2) is 16.7 Å². The highest BCUT2D eigenvalue weighted by atomic mass is 16.5. The van der Waals surface area contributed by atoms with Gasteiger partial charge in [0.2, 0.25) is 5.88 Å². The first-order valence-corrected chi connectivity index (χ1v) is 4.62. The first-order valence-electron chi connectivity index (χ1n) is 4.62. The molecule has 1 aromatic rings. The van der Waals surface area contributed by atoms with Gasteiger partial charge in [-0.05, 0) is 24.8 Å². The Balaban J connectivity index is 1.83. The Morgan fingerprint density at radius 3 is 2.85 bits per heavy atom. The number of aromatic hydroxyl groups is 1. The van der Waals surface area contributed by atoms with E-state index in [4.69, 9.17) is 9.84 Å². The zero-order chi connectivity index (χ0) is 9.10. The van der Waals surface area contributed by atoms with Crippen LogP contribution in [0.3, 0.4) is 0 Å². The van der Waals surface area contributed by atoms with E-state index >= 15 is 0 Å². The largest absolute Gasteiger partial charge is 0.506 e. The number of hydrogen-bond donors (Lipinski definition) is 1. The van der Waals surface area contributed by atoms with Gasteiger partial charge in [-0.3, -0.25) is 0 Å². The highest BCUT2D eigenvalue weighted by Crippen LogP contribution is 2.26. The lowest BCUT2D eigenvalue weighted by molar-refractivity contribution is 0.175. The van der Waals surface area contributed by atoms with Gasteiger partial charge in [-0.25, -0.2) is 4.98 Å². The van der Waals surface area contributed by atoms with Crippen LogP contribution in [0.25, 0.3) is 0 Å². The summed E-state index contributed by atoms with van der Waals surface area (Å²) in [6.07, 6.45) is 5.28. The van der Waals surface area contributed by atoms with Crippen molar-refractivity contribution in [2.24, 2.45) is 5.92 Å². The topological polar surface area (TPSA) is 42.4 Å². The Bertz CT molecular complexity index is 267. The lowest BCUT2D eigenvalue weighted by Gasteiger charge is -2.24.